The number of hydrogen-bond donors (Lipinski definition) is 2. The van der Waals surface area contributed by atoms with Gasteiger partial charge in [0.2, 0.25) is 0 Å². The molecule has 0 fully saturated rings. The molecule has 1 aromatic carbocycles. The lowest BCUT2D eigenvalue weighted by Crippen LogP contribution is -2.31. The number of aliphatic carboxylic acids is 2. The van der Waals surface area contributed by atoms with Crippen LogP contribution in [-0.2, 0) is 9.59 Å². The average Bonchev–Trinajstić information content (AvgIpc) is 2.28. The van der Waals surface area contributed by atoms with Crippen LogP contribution in [-0.4, -0.2) is 35.7 Å². The molecule has 0 aliphatic carbocycles. The van der Waals surface area contributed by atoms with Crippen molar-refractivity contribution in [3.63, 3.8) is 0 Å². The van der Waals surface area contributed by atoms with Crippen LogP contribution in [0.5, 0.6) is 0 Å². The van der Waals surface area contributed by atoms with Crippen LogP contribution < -0.4 is 4.90 Å². The largest absolute Gasteiger partial charge is 0.481 e. The standard InChI is InChI=1S/C12H14BrNO4/c1-14(10-4-2-9(13)3-5-10)7-8(12(17)18)6-11(15)16/h2-5,8H,6-7H2,1H3,(H,15,16)(H,17,18). The van der Waals surface area contributed by atoms with Crippen LogP contribution in [0.4, 0.5) is 5.69 Å². The van der Waals surface area contributed by atoms with Gasteiger partial charge in [-0.1, -0.05) is 15.9 Å². The van der Waals surface area contributed by atoms with Crippen molar-refractivity contribution in [2.75, 3.05) is 18.5 Å². The van der Waals surface area contributed by atoms with Crippen LogP contribution in [0.1, 0.15) is 6.42 Å². The Balaban J connectivity index is 2.71. The number of carboxylic acid groups (broad SMARTS) is 2. The molecule has 1 atom stereocenters. The lowest BCUT2D eigenvalue weighted by molar-refractivity contribution is -0.147. The summed E-state index contributed by atoms with van der Waals surface area (Å²) in [4.78, 5) is 23.3. The van der Waals surface area contributed by atoms with Gasteiger partial charge >= 0.3 is 11.9 Å². The van der Waals surface area contributed by atoms with Gasteiger partial charge in [-0.3, -0.25) is 9.59 Å². The minimum Gasteiger partial charge on any atom is -0.481 e. The fraction of sp³-hybridized carbons (Fsp3) is 0.333. The second-order valence-corrected chi connectivity index (χ2v) is 4.91. The van der Waals surface area contributed by atoms with Crippen LogP contribution in [0.15, 0.2) is 28.7 Å². The van der Waals surface area contributed by atoms with Crippen molar-refractivity contribution in [3.05, 3.63) is 28.7 Å². The van der Waals surface area contributed by atoms with Gasteiger partial charge in [-0.25, -0.2) is 0 Å². The summed E-state index contributed by atoms with van der Waals surface area (Å²) in [7, 11) is 1.74. The maximum atomic E-state index is 11.0. The molecule has 98 valence electrons. The number of rotatable bonds is 6. The van der Waals surface area contributed by atoms with Crippen molar-refractivity contribution in [1.29, 1.82) is 0 Å². The maximum absolute atomic E-state index is 11.0. The van der Waals surface area contributed by atoms with Crippen molar-refractivity contribution in [2.24, 2.45) is 5.92 Å². The van der Waals surface area contributed by atoms with E-state index in [4.69, 9.17) is 10.2 Å². The minimum atomic E-state index is -1.10. The number of hydrogen-bond acceptors (Lipinski definition) is 3. The molecule has 0 aliphatic heterocycles. The van der Waals surface area contributed by atoms with Crippen molar-refractivity contribution in [1.82, 2.24) is 0 Å². The monoisotopic (exact) mass is 315 g/mol. The third-order valence-corrected chi connectivity index (χ3v) is 3.06. The molecule has 1 aromatic rings. The van der Waals surface area contributed by atoms with Crippen LogP contribution >= 0.6 is 15.9 Å². The van der Waals surface area contributed by atoms with Gasteiger partial charge in [-0.15, -0.1) is 0 Å². The van der Waals surface area contributed by atoms with E-state index in [-0.39, 0.29) is 13.0 Å². The van der Waals surface area contributed by atoms with E-state index < -0.39 is 17.9 Å². The topological polar surface area (TPSA) is 77.8 Å². The van der Waals surface area contributed by atoms with Crippen molar-refractivity contribution in [2.45, 2.75) is 6.42 Å². The second kappa shape index (κ2) is 6.39. The third-order valence-electron chi connectivity index (χ3n) is 2.53. The molecule has 0 saturated heterocycles. The molecular weight excluding hydrogens is 302 g/mol. The van der Waals surface area contributed by atoms with Crippen LogP contribution in [0.3, 0.4) is 0 Å². The first-order valence-corrected chi connectivity index (χ1v) is 6.10. The Hall–Kier alpha value is -1.56. The average molecular weight is 316 g/mol. The lowest BCUT2D eigenvalue weighted by Gasteiger charge is -2.22. The Labute approximate surface area is 113 Å². The first-order chi connectivity index (χ1) is 8.40. The predicted octanol–water partition coefficient (Wildman–Crippen LogP) is 2.06. The zero-order chi connectivity index (χ0) is 13.7. The van der Waals surface area contributed by atoms with E-state index in [1.165, 1.54) is 0 Å². The third kappa shape index (κ3) is 4.37. The van der Waals surface area contributed by atoms with Crippen LogP contribution in [0.2, 0.25) is 0 Å². The number of benzene rings is 1. The number of halogens is 1. The van der Waals surface area contributed by atoms with Gasteiger partial charge < -0.3 is 15.1 Å². The fourth-order valence-corrected chi connectivity index (χ4v) is 1.84. The van der Waals surface area contributed by atoms with E-state index in [2.05, 4.69) is 15.9 Å². The first kappa shape index (κ1) is 14.5. The maximum Gasteiger partial charge on any atom is 0.308 e. The van der Waals surface area contributed by atoms with E-state index in [9.17, 15) is 9.59 Å². The molecule has 5 nitrogen and oxygen atoms in total. The molecule has 0 amide bonds. The van der Waals surface area contributed by atoms with Gasteiger partial charge in [0.1, 0.15) is 0 Å². The molecule has 0 bridgehead atoms. The zero-order valence-electron chi connectivity index (χ0n) is 9.84. The summed E-state index contributed by atoms with van der Waals surface area (Å²) in [6, 6.07) is 7.37. The Morgan fingerprint density at radius 1 is 1.28 bits per heavy atom. The smallest absolute Gasteiger partial charge is 0.308 e. The molecular formula is C12H14BrNO4. The molecule has 0 radical (unpaired) electrons. The van der Waals surface area contributed by atoms with Gasteiger partial charge in [0.05, 0.1) is 12.3 Å². The van der Waals surface area contributed by atoms with Gasteiger partial charge in [0, 0.05) is 23.8 Å². The molecule has 0 saturated carbocycles. The Morgan fingerprint density at radius 3 is 2.28 bits per heavy atom. The summed E-state index contributed by atoms with van der Waals surface area (Å²) in [5.74, 6) is -3.12. The van der Waals surface area contributed by atoms with Crippen molar-refractivity contribution < 1.29 is 19.8 Å². The zero-order valence-corrected chi connectivity index (χ0v) is 11.4. The van der Waals surface area contributed by atoms with E-state index >= 15 is 0 Å². The normalized spacial score (nSPS) is 11.9. The van der Waals surface area contributed by atoms with Gasteiger partial charge in [-0.05, 0) is 24.3 Å². The quantitative estimate of drug-likeness (QED) is 0.840. The Bertz CT molecular complexity index is 432. The summed E-state index contributed by atoms with van der Waals surface area (Å²) in [5.41, 5.74) is 0.842. The Kier molecular flexibility index (Phi) is 5.15. The molecule has 18 heavy (non-hydrogen) atoms. The molecule has 0 aromatic heterocycles. The van der Waals surface area contributed by atoms with Crippen molar-refractivity contribution >= 4 is 33.6 Å². The summed E-state index contributed by atoms with van der Waals surface area (Å²) in [5, 5.41) is 17.6. The summed E-state index contributed by atoms with van der Waals surface area (Å²) < 4.78 is 0.931. The molecule has 0 heterocycles. The van der Waals surface area contributed by atoms with E-state index in [1.807, 2.05) is 24.3 Å². The van der Waals surface area contributed by atoms with E-state index in [0.29, 0.717) is 0 Å². The molecule has 0 spiro atoms. The lowest BCUT2D eigenvalue weighted by atomic mass is 10.1. The summed E-state index contributed by atoms with van der Waals surface area (Å²) >= 11 is 3.31. The number of carboxylic acids is 2. The van der Waals surface area contributed by atoms with E-state index in [0.717, 1.165) is 10.2 Å². The van der Waals surface area contributed by atoms with Crippen LogP contribution in [0.25, 0.3) is 0 Å². The minimum absolute atomic E-state index is 0.156. The highest BCUT2D eigenvalue weighted by Crippen LogP contribution is 2.19. The molecule has 1 unspecified atom stereocenters. The Morgan fingerprint density at radius 2 is 1.83 bits per heavy atom. The molecule has 6 heteroatoms. The summed E-state index contributed by atoms with van der Waals surface area (Å²) in [6.07, 6.45) is -0.379. The highest BCUT2D eigenvalue weighted by Gasteiger charge is 2.22. The SMILES string of the molecule is CN(CC(CC(=O)O)C(=O)O)c1ccc(Br)cc1. The number of anilines is 1. The highest BCUT2D eigenvalue weighted by molar-refractivity contribution is 9.10. The molecule has 2 N–H and O–H groups in total. The molecule has 1 rings (SSSR count). The van der Waals surface area contributed by atoms with Crippen molar-refractivity contribution in [3.8, 4) is 0 Å². The van der Waals surface area contributed by atoms with Gasteiger partial charge in [0.25, 0.3) is 0 Å². The molecule has 0 aliphatic rings. The highest BCUT2D eigenvalue weighted by atomic mass is 79.9. The fourth-order valence-electron chi connectivity index (χ4n) is 1.57. The van der Waals surface area contributed by atoms with Gasteiger partial charge in [-0.2, -0.15) is 0 Å². The van der Waals surface area contributed by atoms with E-state index in [1.54, 1.807) is 11.9 Å². The first-order valence-electron chi connectivity index (χ1n) is 5.31. The number of nitrogens with zero attached hydrogens (tertiary/aromatic N) is 1. The summed E-state index contributed by atoms with van der Waals surface area (Å²) in [6.45, 7) is 0.156. The number of carbonyl (C=O) groups is 2. The van der Waals surface area contributed by atoms with Crippen LogP contribution in [0, 0.1) is 5.92 Å². The predicted molar refractivity (Wildman–Crippen MR) is 70.8 cm³/mol. The van der Waals surface area contributed by atoms with Gasteiger partial charge in [0.15, 0.2) is 0 Å². The second-order valence-electron chi connectivity index (χ2n) is 3.99.